The van der Waals surface area contributed by atoms with E-state index >= 15 is 0 Å². The number of sulfonamides is 1. The summed E-state index contributed by atoms with van der Waals surface area (Å²) < 4.78 is 28.3. The van der Waals surface area contributed by atoms with E-state index in [1.54, 1.807) is 18.2 Å². The minimum absolute atomic E-state index is 0.0452. The molecule has 0 atom stereocenters. The molecule has 0 unspecified atom stereocenters. The Morgan fingerprint density at radius 1 is 1.18 bits per heavy atom. The van der Waals surface area contributed by atoms with E-state index in [-0.39, 0.29) is 9.92 Å². The highest BCUT2D eigenvalue weighted by molar-refractivity contribution is 7.93. The van der Waals surface area contributed by atoms with Crippen LogP contribution in [0.4, 0.5) is 5.13 Å². The van der Waals surface area contributed by atoms with Gasteiger partial charge in [0.15, 0.2) is 5.13 Å². The van der Waals surface area contributed by atoms with Crippen molar-refractivity contribution in [3.8, 4) is 0 Å². The number of anilines is 1. The van der Waals surface area contributed by atoms with Gasteiger partial charge in [-0.15, -0.1) is 0 Å². The zero-order valence-corrected chi connectivity index (χ0v) is 14.3. The second-order valence-electron chi connectivity index (χ2n) is 4.98. The number of halogens is 1. The molecule has 0 amide bonds. The number of nitrogens with one attached hydrogen (secondary N) is 1. The molecule has 0 aliphatic heterocycles. The molecule has 0 spiro atoms. The summed E-state index contributed by atoms with van der Waals surface area (Å²) in [6.07, 6.45) is 0. The number of hydrogen-bond donors (Lipinski definition) is 1. The highest BCUT2D eigenvalue weighted by atomic mass is 35.5. The minimum atomic E-state index is -3.75. The zero-order chi connectivity index (χ0) is 15.9. The number of benzene rings is 2. The predicted molar refractivity (Wildman–Crippen MR) is 91.4 cm³/mol. The number of fused-ring (bicyclic) bond motifs is 1. The number of aryl methyl sites for hydroxylation is 2. The van der Waals surface area contributed by atoms with Crippen LogP contribution in [0.1, 0.15) is 11.1 Å². The van der Waals surface area contributed by atoms with Crippen LogP contribution < -0.4 is 4.72 Å². The lowest BCUT2D eigenvalue weighted by Gasteiger charge is -2.06. The third kappa shape index (κ3) is 2.82. The molecule has 0 saturated carbocycles. The van der Waals surface area contributed by atoms with Crippen molar-refractivity contribution in [3.63, 3.8) is 0 Å². The van der Waals surface area contributed by atoms with E-state index in [2.05, 4.69) is 9.71 Å². The van der Waals surface area contributed by atoms with E-state index in [1.165, 1.54) is 17.4 Å². The Labute approximate surface area is 137 Å². The van der Waals surface area contributed by atoms with E-state index in [9.17, 15) is 8.42 Å². The quantitative estimate of drug-likeness (QED) is 0.761. The van der Waals surface area contributed by atoms with Crippen LogP contribution in [0.25, 0.3) is 10.2 Å². The van der Waals surface area contributed by atoms with Gasteiger partial charge < -0.3 is 0 Å². The van der Waals surface area contributed by atoms with Gasteiger partial charge in [-0.25, -0.2) is 13.4 Å². The van der Waals surface area contributed by atoms with Gasteiger partial charge in [0.05, 0.1) is 15.2 Å². The van der Waals surface area contributed by atoms with Crippen molar-refractivity contribution >= 4 is 48.3 Å². The predicted octanol–water partition coefficient (Wildman–Crippen LogP) is 4.37. The van der Waals surface area contributed by atoms with Crippen LogP contribution in [0.2, 0.25) is 5.02 Å². The lowest BCUT2D eigenvalue weighted by molar-refractivity contribution is 0.601. The third-order valence-corrected chi connectivity index (χ3v) is 6.06. The zero-order valence-electron chi connectivity index (χ0n) is 11.9. The summed E-state index contributed by atoms with van der Waals surface area (Å²) in [7, 11) is -3.75. The van der Waals surface area contributed by atoms with Crippen LogP contribution in [-0.4, -0.2) is 13.4 Å². The molecular formula is C15H13ClN2O2S2. The molecular weight excluding hydrogens is 340 g/mol. The van der Waals surface area contributed by atoms with E-state index in [0.717, 1.165) is 21.3 Å². The standard InChI is InChI=1S/C15H13ClN2O2S2/c1-9-7-10(2)14-12(8-9)21-15(17-14)18-22(19,20)13-6-4-3-5-11(13)16/h3-8H,1-2H3,(H,17,18). The molecule has 1 N–H and O–H groups in total. The van der Waals surface area contributed by atoms with E-state index < -0.39 is 10.0 Å². The molecule has 0 fully saturated rings. The summed E-state index contributed by atoms with van der Waals surface area (Å²) in [4.78, 5) is 4.42. The van der Waals surface area contributed by atoms with Gasteiger partial charge in [0, 0.05) is 0 Å². The summed E-state index contributed by atoms with van der Waals surface area (Å²) in [5.41, 5.74) is 2.95. The number of hydrogen-bond acceptors (Lipinski definition) is 4. The van der Waals surface area contributed by atoms with Crippen LogP contribution in [-0.2, 0) is 10.0 Å². The molecule has 4 nitrogen and oxygen atoms in total. The number of thiazole rings is 1. The van der Waals surface area contributed by atoms with Crippen LogP contribution in [0, 0.1) is 13.8 Å². The number of nitrogens with zero attached hydrogens (tertiary/aromatic N) is 1. The molecule has 0 saturated heterocycles. The van der Waals surface area contributed by atoms with Crippen molar-refractivity contribution in [1.82, 2.24) is 4.98 Å². The Morgan fingerprint density at radius 2 is 1.91 bits per heavy atom. The molecule has 1 aromatic heterocycles. The Kier molecular flexibility index (Phi) is 3.84. The fraction of sp³-hybridized carbons (Fsp3) is 0.133. The van der Waals surface area contributed by atoms with Crippen molar-refractivity contribution in [2.45, 2.75) is 18.7 Å². The Morgan fingerprint density at radius 3 is 2.64 bits per heavy atom. The summed E-state index contributed by atoms with van der Waals surface area (Å²) in [5.74, 6) is 0. The second-order valence-corrected chi connectivity index (χ2v) is 8.07. The molecule has 22 heavy (non-hydrogen) atoms. The molecule has 3 rings (SSSR count). The van der Waals surface area contributed by atoms with E-state index in [4.69, 9.17) is 11.6 Å². The molecule has 3 aromatic rings. The monoisotopic (exact) mass is 352 g/mol. The maximum Gasteiger partial charge on any atom is 0.265 e. The molecule has 1 heterocycles. The van der Waals surface area contributed by atoms with Crippen LogP contribution in [0.15, 0.2) is 41.3 Å². The summed E-state index contributed by atoms with van der Waals surface area (Å²) in [6.45, 7) is 3.96. The smallest absolute Gasteiger partial charge is 0.255 e. The van der Waals surface area contributed by atoms with Gasteiger partial charge in [-0.2, -0.15) is 0 Å². The average molecular weight is 353 g/mol. The van der Waals surface area contributed by atoms with Gasteiger partial charge in [-0.1, -0.05) is 41.1 Å². The van der Waals surface area contributed by atoms with E-state index in [0.29, 0.717) is 5.13 Å². The van der Waals surface area contributed by atoms with Crippen molar-refractivity contribution < 1.29 is 8.42 Å². The van der Waals surface area contributed by atoms with Gasteiger partial charge in [0.2, 0.25) is 0 Å². The van der Waals surface area contributed by atoms with Gasteiger partial charge in [0.1, 0.15) is 4.90 Å². The maximum absolute atomic E-state index is 12.4. The second kappa shape index (κ2) is 5.53. The summed E-state index contributed by atoms with van der Waals surface area (Å²) >= 11 is 7.27. The highest BCUT2D eigenvalue weighted by Gasteiger charge is 2.19. The third-order valence-electron chi connectivity index (χ3n) is 3.18. The van der Waals surface area contributed by atoms with Gasteiger partial charge in [-0.3, -0.25) is 4.72 Å². The lowest BCUT2D eigenvalue weighted by atomic mass is 10.1. The molecule has 7 heteroatoms. The average Bonchev–Trinajstić information content (AvgIpc) is 2.80. The Bertz CT molecular complexity index is 965. The molecule has 0 aliphatic rings. The fourth-order valence-electron chi connectivity index (χ4n) is 2.25. The molecule has 2 aromatic carbocycles. The first-order valence-electron chi connectivity index (χ1n) is 6.52. The van der Waals surface area contributed by atoms with Gasteiger partial charge in [-0.05, 0) is 43.2 Å². The van der Waals surface area contributed by atoms with Crippen molar-refractivity contribution in [2.24, 2.45) is 0 Å². The number of rotatable bonds is 3. The SMILES string of the molecule is Cc1cc(C)c2nc(NS(=O)(=O)c3ccccc3Cl)sc2c1. The highest BCUT2D eigenvalue weighted by Crippen LogP contribution is 2.31. The Hall–Kier alpha value is -1.63. The summed E-state index contributed by atoms with van der Waals surface area (Å²) in [6, 6.07) is 10.3. The van der Waals surface area contributed by atoms with Crippen molar-refractivity contribution in [3.05, 3.63) is 52.5 Å². The van der Waals surface area contributed by atoms with Crippen molar-refractivity contribution in [2.75, 3.05) is 4.72 Å². The lowest BCUT2D eigenvalue weighted by Crippen LogP contribution is -2.13. The largest absolute Gasteiger partial charge is 0.265 e. The topological polar surface area (TPSA) is 59.1 Å². The van der Waals surface area contributed by atoms with Crippen LogP contribution >= 0.6 is 22.9 Å². The number of aromatic nitrogens is 1. The van der Waals surface area contributed by atoms with Crippen LogP contribution in [0.3, 0.4) is 0 Å². The first-order valence-corrected chi connectivity index (χ1v) is 9.20. The minimum Gasteiger partial charge on any atom is -0.255 e. The van der Waals surface area contributed by atoms with E-state index in [1.807, 2.05) is 26.0 Å². The summed E-state index contributed by atoms with van der Waals surface area (Å²) in [5, 5.41) is 0.520. The van der Waals surface area contributed by atoms with Gasteiger partial charge in [0.25, 0.3) is 10.0 Å². The van der Waals surface area contributed by atoms with Crippen LogP contribution in [0.5, 0.6) is 0 Å². The molecule has 0 aliphatic carbocycles. The molecule has 0 bridgehead atoms. The Balaban J connectivity index is 2.03. The van der Waals surface area contributed by atoms with Crippen molar-refractivity contribution in [1.29, 1.82) is 0 Å². The normalized spacial score (nSPS) is 11.8. The van der Waals surface area contributed by atoms with Gasteiger partial charge >= 0.3 is 0 Å². The maximum atomic E-state index is 12.4. The molecule has 0 radical (unpaired) electrons. The first-order chi connectivity index (χ1) is 10.4. The fourth-order valence-corrected chi connectivity index (χ4v) is 5.04. The first kappa shape index (κ1) is 15.3. The molecule has 114 valence electrons.